The summed E-state index contributed by atoms with van der Waals surface area (Å²) >= 11 is 3.68. The van der Waals surface area contributed by atoms with Crippen LogP contribution in [0.2, 0.25) is 0 Å². The van der Waals surface area contributed by atoms with Crippen LogP contribution in [0.3, 0.4) is 0 Å². The molecule has 2 aromatic carbocycles. The number of hydrogen-bond acceptors (Lipinski definition) is 5. The van der Waals surface area contributed by atoms with E-state index in [9.17, 15) is 4.79 Å². The molecule has 2 aromatic rings. The number of methoxy groups -OCH3 is 2. The Morgan fingerprint density at radius 2 is 1.72 bits per heavy atom. The molecule has 32 heavy (non-hydrogen) atoms. The second kappa shape index (κ2) is 10.6. The number of carbonyl (C=O) groups excluding carboxylic acids is 1. The van der Waals surface area contributed by atoms with Crippen molar-refractivity contribution in [1.29, 1.82) is 0 Å². The van der Waals surface area contributed by atoms with Crippen molar-refractivity contribution in [3.05, 3.63) is 52.5 Å². The fraction of sp³-hybridized carbons (Fsp3) is 0.480. The van der Waals surface area contributed by atoms with Crippen LogP contribution in [0.25, 0.3) is 0 Å². The van der Waals surface area contributed by atoms with Gasteiger partial charge in [-0.25, -0.2) is 4.79 Å². The monoisotopic (exact) mass is 502 g/mol. The predicted octanol–water partition coefficient (Wildman–Crippen LogP) is 5.14. The van der Waals surface area contributed by atoms with Crippen LogP contribution in [-0.2, 0) is 11.2 Å². The van der Waals surface area contributed by atoms with Crippen LogP contribution < -0.4 is 14.4 Å². The van der Waals surface area contributed by atoms with Crippen LogP contribution in [0, 0.1) is 5.92 Å². The third kappa shape index (κ3) is 5.56. The number of nitrogens with zero attached hydrogens (tertiary/aromatic N) is 2. The molecule has 0 bridgehead atoms. The van der Waals surface area contributed by atoms with Gasteiger partial charge in [0, 0.05) is 16.7 Å². The number of rotatable bonds is 8. The minimum atomic E-state index is -0.261. The van der Waals surface area contributed by atoms with E-state index in [1.165, 1.54) is 18.4 Å². The van der Waals surface area contributed by atoms with E-state index in [1.807, 2.05) is 30.3 Å². The molecule has 1 unspecified atom stereocenters. The number of cyclic esters (lactones) is 1. The van der Waals surface area contributed by atoms with E-state index >= 15 is 0 Å². The summed E-state index contributed by atoms with van der Waals surface area (Å²) in [7, 11) is 3.35. The molecule has 0 N–H and O–H groups in total. The molecule has 4 rings (SSSR count). The highest BCUT2D eigenvalue weighted by Gasteiger charge is 2.32. The van der Waals surface area contributed by atoms with Crippen LogP contribution in [0.1, 0.15) is 24.8 Å². The molecular formula is C25H31BrN2O4. The zero-order chi connectivity index (χ0) is 22.5. The van der Waals surface area contributed by atoms with Crippen molar-refractivity contribution in [2.24, 2.45) is 5.92 Å². The van der Waals surface area contributed by atoms with Gasteiger partial charge in [-0.3, -0.25) is 4.90 Å². The van der Waals surface area contributed by atoms with Gasteiger partial charge in [0.15, 0.2) is 0 Å². The zero-order valence-electron chi connectivity index (χ0n) is 18.8. The SMILES string of the molecule is COc1ccc(N2CC(CCN3CCC(Cc4cc(OC)ccc4Br)CC3)OC2=O)cc1. The van der Waals surface area contributed by atoms with Gasteiger partial charge in [-0.05, 0) is 92.7 Å². The summed E-state index contributed by atoms with van der Waals surface area (Å²) in [5, 5.41) is 0. The highest BCUT2D eigenvalue weighted by molar-refractivity contribution is 9.10. The van der Waals surface area contributed by atoms with Crippen LogP contribution in [0.5, 0.6) is 11.5 Å². The first-order valence-corrected chi connectivity index (χ1v) is 12.0. The third-order valence-corrected chi connectivity index (χ3v) is 7.27. The molecule has 6 nitrogen and oxygen atoms in total. The van der Waals surface area contributed by atoms with E-state index in [0.717, 1.165) is 54.1 Å². The molecule has 1 amide bonds. The number of hydrogen-bond donors (Lipinski definition) is 0. The van der Waals surface area contributed by atoms with Crippen molar-refractivity contribution in [2.45, 2.75) is 31.8 Å². The summed E-state index contributed by atoms with van der Waals surface area (Å²) in [6, 6.07) is 13.7. The molecule has 0 aromatic heterocycles. The average Bonchev–Trinajstić information content (AvgIpc) is 3.20. The van der Waals surface area contributed by atoms with Crippen molar-refractivity contribution in [2.75, 3.05) is 45.3 Å². The fourth-order valence-electron chi connectivity index (χ4n) is 4.53. The van der Waals surface area contributed by atoms with Crippen LogP contribution in [-0.4, -0.2) is 57.5 Å². The maximum absolute atomic E-state index is 12.3. The van der Waals surface area contributed by atoms with Crippen LogP contribution in [0.4, 0.5) is 10.5 Å². The average molecular weight is 503 g/mol. The van der Waals surface area contributed by atoms with Crippen molar-refractivity contribution in [3.63, 3.8) is 0 Å². The lowest BCUT2D eigenvalue weighted by atomic mass is 9.90. The predicted molar refractivity (Wildman–Crippen MR) is 129 cm³/mol. The molecule has 2 aliphatic rings. The Labute approximate surface area is 198 Å². The van der Waals surface area contributed by atoms with Gasteiger partial charge in [-0.2, -0.15) is 0 Å². The molecule has 2 saturated heterocycles. The minimum Gasteiger partial charge on any atom is -0.497 e. The number of carbonyl (C=O) groups is 1. The van der Waals surface area contributed by atoms with Gasteiger partial charge in [0.25, 0.3) is 0 Å². The first-order chi connectivity index (χ1) is 15.6. The standard InChI is InChI=1S/C25H31BrN2O4/c1-30-21-5-3-20(4-6-21)28-17-23(32-25(28)29)11-14-27-12-9-18(10-13-27)15-19-16-22(31-2)7-8-24(19)26/h3-8,16,18,23H,9-15,17H2,1-2H3. The topological polar surface area (TPSA) is 51.2 Å². The number of benzene rings is 2. The summed E-state index contributed by atoms with van der Waals surface area (Å²) in [4.78, 5) is 16.5. The molecular weight excluding hydrogens is 472 g/mol. The zero-order valence-corrected chi connectivity index (χ0v) is 20.3. The Kier molecular flexibility index (Phi) is 7.58. The quantitative estimate of drug-likeness (QED) is 0.500. The second-order valence-corrected chi connectivity index (χ2v) is 9.40. The van der Waals surface area contributed by atoms with Gasteiger partial charge < -0.3 is 19.1 Å². The Morgan fingerprint density at radius 1 is 1.03 bits per heavy atom. The van der Waals surface area contributed by atoms with E-state index in [-0.39, 0.29) is 12.2 Å². The number of ether oxygens (including phenoxy) is 3. The normalized spacial score (nSPS) is 19.8. The van der Waals surface area contributed by atoms with E-state index in [4.69, 9.17) is 14.2 Å². The molecule has 7 heteroatoms. The minimum absolute atomic E-state index is 0.0601. The van der Waals surface area contributed by atoms with Gasteiger partial charge in [0.1, 0.15) is 17.6 Å². The molecule has 0 radical (unpaired) electrons. The Morgan fingerprint density at radius 3 is 2.41 bits per heavy atom. The Hall–Kier alpha value is -2.25. The first kappa shape index (κ1) is 22.9. The van der Waals surface area contributed by atoms with Crippen molar-refractivity contribution in [1.82, 2.24) is 4.90 Å². The molecule has 0 spiro atoms. The lowest BCUT2D eigenvalue weighted by Gasteiger charge is -2.32. The number of anilines is 1. The lowest BCUT2D eigenvalue weighted by molar-refractivity contribution is 0.116. The molecule has 172 valence electrons. The summed E-state index contributed by atoms with van der Waals surface area (Å²) < 4.78 is 17.4. The largest absolute Gasteiger partial charge is 0.497 e. The van der Waals surface area contributed by atoms with E-state index in [0.29, 0.717) is 12.5 Å². The maximum atomic E-state index is 12.3. The highest BCUT2D eigenvalue weighted by atomic mass is 79.9. The van der Waals surface area contributed by atoms with Gasteiger partial charge in [0.2, 0.25) is 0 Å². The molecule has 2 aliphatic heterocycles. The molecule has 0 saturated carbocycles. The molecule has 2 heterocycles. The number of likely N-dealkylation sites (tertiary alicyclic amines) is 1. The van der Waals surface area contributed by atoms with Crippen molar-refractivity contribution in [3.8, 4) is 11.5 Å². The second-order valence-electron chi connectivity index (χ2n) is 8.55. The van der Waals surface area contributed by atoms with Crippen molar-refractivity contribution >= 4 is 27.7 Å². The highest BCUT2D eigenvalue weighted by Crippen LogP contribution is 2.29. The van der Waals surface area contributed by atoms with Gasteiger partial charge >= 0.3 is 6.09 Å². The molecule has 1 atom stereocenters. The number of halogens is 1. The van der Waals surface area contributed by atoms with Crippen molar-refractivity contribution < 1.29 is 19.0 Å². The Balaban J connectivity index is 1.22. The number of piperidine rings is 1. The molecule has 2 fully saturated rings. The summed E-state index contributed by atoms with van der Waals surface area (Å²) in [5.74, 6) is 2.37. The van der Waals surface area contributed by atoms with Crippen LogP contribution >= 0.6 is 15.9 Å². The smallest absolute Gasteiger partial charge is 0.414 e. The van der Waals surface area contributed by atoms with Gasteiger partial charge in [-0.1, -0.05) is 15.9 Å². The third-order valence-electron chi connectivity index (χ3n) is 6.49. The fourth-order valence-corrected chi connectivity index (χ4v) is 4.94. The first-order valence-electron chi connectivity index (χ1n) is 11.2. The summed E-state index contributed by atoms with van der Waals surface area (Å²) in [6.45, 7) is 3.75. The van der Waals surface area contributed by atoms with Gasteiger partial charge in [0.05, 0.1) is 20.8 Å². The van der Waals surface area contributed by atoms with Gasteiger partial charge in [-0.15, -0.1) is 0 Å². The maximum Gasteiger partial charge on any atom is 0.414 e. The Bertz CT molecular complexity index is 913. The van der Waals surface area contributed by atoms with Crippen LogP contribution in [0.15, 0.2) is 46.9 Å². The lowest BCUT2D eigenvalue weighted by Crippen LogP contribution is -2.36. The van der Waals surface area contributed by atoms with E-state index < -0.39 is 0 Å². The number of amides is 1. The summed E-state index contributed by atoms with van der Waals surface area (Å²) in [5.41, 5.74) is 2.17. The van der Waals surface area contributed by atoms with E-state index in [2.05, 4.69) is 33.0 Å². The molecule has 0 aliphatic carbocycles. The van der Waals surface area contributed by atoms with E-state index in [1.54, 1.807) is 19.1 Å². The summed E-state index contributed by atoms with van der Waals surface area (Å²) in [6.07, 6.45) is 3.99.